The fourth-order valence-electron chi connectivity index (χ4n) is 1.19. The average Bonchev–Trinajstić information content (AvgIpc) is 2.74. The zero-order valence-corrected chi connectivity index (χ0v) is 9.86. The van der Waals surface area contributed by atoms with E-state index in [2.05, 4.69) is 36.4 Å². The molecule has 2 aromatic heterocycles. The van der Waals surface area contributed by atoms with Crippen molar-refractivity contribution >= 4 is 21.8 Å². The van der Waals surface area contributed by atoms with E-state index in [1.54, 1.807) is 30.6 Å². The van der Waals surface area contributed by atoms with Gasteiger partial charge in [0.15, 0.2) is 0 Å². The number of carbonyl (C=O) groups is 1. The number of carbonyl (C=O) groups excluding carboxylic acids is 1. The standard InChI is InChI=1S/C10H9BrN4O/c11-7-4-9(12-5-7)10(16)13-6-8-2-1-3-14-15-8/h1-5,12H,6H2,(H,13,16). The van der Waals surface area contributed by atoms with E-state index in [9.17, 15) is 4.79 Å². The Hall–Kier alpha value is -1.69. The predicted molar refractivity (Wildman–Crippen MR) is 61.7 cm³/mol. The highest BCUT2D eigenvalue weighted by Crippen LogP contribution is 2.10. The number of rotatable bonds is 3. The van der Waals surface area contributed by atoms with Gasteiger partial charge in [0.25, 0.3) is 5.91 Å². The topological polar surface area (TPSA) is 70.7 Å². The predicted octanol–water partition coefficient (Wildman–Crippen LogP) is 1.50. The van der Waals surface area contributed by atoms with Gasteiger partial charge in [0.1, 0.15) is 5.69 Å². The first-order valence-electron chi connectivity index (χ1n) is 4.64. The number of nitrogens with zero attached hydrogens (tertiary/aromatic N) is 2. The lowest BCUT2D eigenvalue weighted by atomic mass is 10.3. The van der Waals surface area contributed by atoms with E-state index in [-0.39, 0.29) is 5.91 Å². The minimum atomic E-state index is -0.170. The first kappa shape index (κ1) is 10.8. The Kier molecular flexibility index (Phi) is 3.31. The molecule has 0 aliphatic rings. The van der Waals surface area contributed by atoms with Crippen molar-refractivity contribution in [3.8, 4) is 0 Å². The van der Waals surface area contributed by atoms with Crippen molar-refractivity contribution in [1.29, 1.82) is 0 Å². The highest BCUT2D eigenvalue weighted by Gasteiger charge is 2.07. The molecule has 6 heteroatoms. The van der Waals surface area contributed by atoms with Gasteiger partial charge in [-0.1, -0.05) is 0 Å². The van der Waals surface area contributed by atoms with Gasteiger partial charge >= 0.3 is 0 Å². The minimum Gasteiger partial charge on any atom is -0.356 e. The van der Waals surface area contributed by atoms with Gasteiger partial charge in [-0.05, 0) is 34.1 Å². The minimum absolute atomic E-state index is 0.170. The summed E-state index contributed by atoms with van der Waals surface area (Å²) < 4.78 is 0.845. The van der Waals surface area contributed by atoms with Gasteiger partial charge < -0.3 is 10.3 Å². The largest absolute Gasteiger partial charge is 0.356 e. The van der Waals surface area contributed by atoms with E-state index in [1.165, 1.54) is 0 Å². The molecule has 0 atom stereocenters. The lowest BCUT2D eigenvalue weighted by Crippen LogP contribution is -2.23. The number of aromatic amines is 1. The summed E-state index contributed by atoms with van der Waals surface area (Å²) in [6.07, 6.45) is 3.30. The third-order valence-electron chi connectivity index (χ3n) is 1.95. The zero-order chi connectivity index (χ0) is 11.4. The summed E-state index contributed by atoms with van der Waals surface area (Å²) in [5, 5.41) is 10.3. The van der Waals surface area contributed by atoms with E-state index >= 15 is 0 Å². The number of hydrogen-bond donors (Lipinski definition) is 2. The molecule has 0 aliphatic carbocycles. The molecule has 0 aliphatic heterocycles. The Bertz CT molecular complexity index is 483. The molecule has 2 N–H and O–H groups in total. The first-order chi connectivity index (χ1) is 7.75. The third-order valence-corrected chi connectivity index (χ3v) is 2.41. The van der Waals surface area contributed by atoms with Gasteiger partial charge in [0, 0.05) is 16.9 Å². The molecule has 16 heavy (non-hydrogen) atoms. The van der Waals surface area contributed by atoms with E-state index in [1.807, 2.05) is 0 Å². The van der Waals surface area contributed by atoms with E-state index in [0.717, 1.165) is 10.2 Å². The first-order valence-corrected chi connectivity index (χ1v) is 5.44. The molecule has 1 amide bonds. The molecule has 0 saturated heterocycles. The van der Waals surface area contributed by atoms with Gasteiger partial charge in [0.2, 0.25) is 0 Å². The van der Waals surface area contributed by atoms with Crippen LogP contribution in [-0.2, 0) is 6.54 Å². The summed E-state index contributed by atoms with van der Waals surface area (Å²) in [6, 6.07) is 5.30. The number of nitrogens with one attached hydrogen (secondary N) is 2. The number of aromatic nitrogens is 3. The van der Waals surface area contributed by atoms with Crippen LogP contribution in [0.4, 0.5) is 0 Å². The van der Waals surface area contributed by atoms with Crippen molar-refractivity contribution < 1.29 is 4.79 Å². The number of hydrogen-bond acceptors (Lipinski definition) is 3. The van der Waals surface area contributed by atoms with Crippen LogP contribution in [0.3, 0.4) is 0 Å². The monoisotopic (exact) mass is 280 g/mol. The quantitative estimate of drug-likeness (QED) is 0.895. The second-order valence-corrected chi connectivity index (χ2v) is 4.04. The summed E-state index contributed by atoms with van der Waals surface area (Å²) in [5.41, 5.74) is 1.23. The van der Waals surface area contributed by atoms with E-state index in [0.29, 0.717) is 12.2 Å². The van der Waals surface area contributed by atoms with Crippen molar-refractivity contribution in [2.24, 2.45) is 0 Å². The Morgan fingerprint density at radius 2 is 2.44 bits per heavy atom. The van der Waals surface area contributed by atoms with Crippen LogP contribution in [-0.4, -0.2) is 21.1 Å². The van der Waals surface area contributed by atoms with Gasteiger partial charge in [-0.3, -0.25) is 4.79 Å². The number of H-pyrrole nitrogens is 1. The van der Waals surface area contributed by atoms with Crippen LogP contribution in [0.25, 0.3) is 0 Å². The highest BCUT2D eigenvalue weighted by atomic mass is 79.9. The molecule has 82 valence electrons. The van der Waals surface area contributed by atoms with Crippen LogP contribution in [0, 0.1) is 0 Å². The zero-order valence-electron chi connectivity index (χ0n) is 8.27. The molecule has 2 heterocycles. The normalized spacial score (nSPS) is 10.1. The number of amides is 1. The molecule has 0 unspecified atom stereocenters. The van der Waals surface area contributed by atoms with Crippen molar-refractivity contribution in [3.05, 3.63) is 46.5 Å². The summed E-state index contributed by atoms with van der Waals surface area (Å²) >= 11 is 3.26. The molecule has 0 aromatic carbocycles. The Balaban J connectivity index is 1.94. The Morgan fingerprint density at radius 1 is 1.56 bits per heavy atom. The van der Waals surface area contributed by atoms with Crippen LogP contribution in [0.1, 0.15) is 16.2 Å². The smallest absolute Gasteiger partial charge is 0.268 e. The van der Waals surface area contributed by atoms with Gasteiger partial charge in [-0.15, -0.1) is 0 Å². The Labute approximate surface area is 100 Å². The van der Waals surface area contributed by atoms with Crippen molar-refractivity contribution in [2.45, 2.75) is 6.54 Å². The molecule has 0 bridgehead atoms. The molecule has 0 fully saturated rings. The summed E-state index contributed by atoms with van der Waals surface area (Å²) in [7, 11) is 0. The van der Waals surface area contributed by atoms with Gasteiger partial charge in [-0.25, -0.2) is 0 Å². The van der Waals surface area contributed by atoms with Crippen molar-refractivity contribution in [3.63, 3.8) is 0 Å². The van der Waals surface area contributed by atoms with Gasteiger partial charge in [0.05, 0.1) is 12.2 Å². The lowest BCUT2D eigenvalue weighted by molar-refractivity contribution is 0.0946. The molecule has 2 aromatic rings. The summed E-state index contributed by atoms with van der Waals surface area (Å²) in [5.74, 6) is -0.170. The maximum absolute atomic E-state index is 11.6. The fourth-order valence-corrected chi connectivity index (χ4v) is 1.54. The van der Waals surface area contributed by atoms with Crippen LogP contribution < -0.4 is 5.32 Å². The average molecular weight is 281 g/mol. The molecular formula is C10H9BrN4O. The molecule has 0 radical (unpaired) electrons. The molecule has 0 spiro atoms. The molecule has 2 rings (SSSR count). The highest BCUT2D eigenvalue weighted by molar-refractivity contribution is 9.10. The molecule has 0 saturated carbocycles. The van der Waals surface area contributed by atoms with Crippen LogP contribution in [0.5, 0.6) is 0 Å². The Morgan fingerprint density at radius 3 is 3.06 bits per heavy atom. The molecular weight excluding hydrogens is 272 g/mol. The second-order valence-electron chi connectivity index (χ2n) is 3.13. The SMILES string of the molecule is O=C(NCc1cccnn1)c1cc(Br)c[nH]1. The maximum Gasteiger partial charge on any atom is 0.268 e. The molecule has 5 nitrogen and oxygen atoms in total. The summed E-state index contributed by atoms with van der Waals surface area (Å²) in [4.78, 5) is 14.5. The third kappa shape index (κ3) is 2.66. The maximum atomic E-state index is 11.6. The van der Waals surface area contributed by atoms with Crippen molar-refractivity contribution in [1.82, 2.24) is 20.5 Å². The van der Waals surface area contributed by atoms with Crippen LogP contribution in [0.15, 0.2) is 35.1 Å². The van der Waals surface area contributed by atoms with Crippen LogP contribution >= 0.6 is 15.9 Å². The van der Waals surface area contributed by atoms with Crippen molar-refractivity contribution in [2.75, 3.05) is 0 Å². The van der Waals surface area contributed by atoms with Gasteiger partial charge in [-0.2, -0.15) is 10.2 Å². The fraction of sp³-hybridized carbons (Fsp3) is 0.100. The van der Waals surface area contributed by atoms with E-state index < -0.39 is 0 Å². The van der Waals surface area contributed by atoms with E-state index in [4.69, 9.17) is 0 Å². The summed E-state index contributed by atoms with van der Waals surface area (Å²) in [6.45, 7) is 0.364. The number of halogens is 1. The lowest BCUT2D eigenvalue weighted by Gasteiger charge is -2.01. The van der Waals surface area contributed by atoms with Crippen LogP contribution in [0.2, 0.25) is 0 Å². The second kappa shape index (κ2) is 4.89.